The number of nitrogens with zero attached hydrogens (tertiary/aromatic N) is 1. The molecule has 1 unspecified atom stereocenters. The zero-order chi connectivity index (χ0) is 13.5. The molecule has 0 spiro atoms. The average molecular weight is 322 g/mol. The van der Waals surface area contributed by atoms with Crippen LogP contribution in [0, 0.1) is 0 Å². The second-order valence-corrected chi connectivity index (χ2v) is 5.97. The predicted octanol–water partition coefficient (Wildman–Crippen LogP) is 2.29. The number of carbonyl (C=O) groups is 1. The Kier molecular flexibility index (Phi) is 3.09. The highest BCUT2D eigenvalue weighted by Gasteiger charge is 2.45. The van der Waals surface area contributed by atoms with E-state index in [1.165, 1.54) is 0 Å². The summed E-state index contributed by atoms with van der Waals surface area (Å²) in [7, 11) is 0. The van der Waals surface area contributed by atoms with Crippen molar-refractivity contribution in [1.29, 1.82) is 0 Å². The summed E-state index contributed by atoms with van der Waals surface area (Å²) in [4.78, 5) is 16.9. The zero-order valence-electron chi connectivity index (χ0n) is 10.7. The minimum absolute atomic E-state index is 0.0208. The van der Waals surface area contributed by atoms with E-state index in [0.29, 0.717) is 18.4 Å². The summed E-state index contributed by atoms with van der Waals surface area (Å²) >= 11 is 3.46. The quantitative estimate of drug-likeness (QED) is 0.897. The van der Waals surface area contributed by atoms with Gasteiger partial charge in [0.2, 0.25) is 0 Å². The molecule has 1 saturated carbocycles. The molecular formula is C14H16BrN3O. The second-order valence-electron chi connectivity index (χ2n) is 5.06. The topological polar surface area (TPSA) is 53.5 Å². The molecule has 1 aromatic carbocycles. The van der Waals surface area contributed by atoms with Crippen LogP contribution in [-0.2, 0) is 10.3 Å². The van der Waals surface area contributed by atoms with Gasteiger partial charge in [0.25, 0.3) is 5.91 Å². The van der Waals surface area contributed by atoms with Crippen molar-refractivity contribution >= 4 is 27.8 Å². The smallest absolute Gasteiger partial charge is 0.257 e. The van der Waals surface area contributed by atoms with Crippen molar-refractivity contribution in [3.8, 4) is 0 Å². The van der Waals surface area contributed by atoms with Gasteiger partial charge in [-0.1, -0.05) is 35.0 Å². The number of hydrogen-bond donors (Lipinski definition) is 2. The highest BCUT2D eigenvalue weighted by molar-refractivity contribution is 9.10. The SMILES string of the molecule is CCC1(c2cccc(Br)c2)NC(=NC2CC2)NC1=O. The fraction of sp³-hybridized carbons (Fsp3) is 0.429. The number of nitrogens with one attached hydrogen (secondary N) is 2. The molecule has 2 fully saturated rings. The summed E-state index contributed by atoms with van der Waals surface area (Å²) in [6.45, 7) is 2.01. The molecule has 0 aromatic heterocycles. The molecule has 2 aliphatic rings. The molecular weight excluding hydrogens is 306 g/mol. The molecule has 1 aliphatic carbocycles. The molecule has 1 heterocycles. The van der Waals surface area contributed by atoms with E-state index < -0.39 is 5.54 Å². The summed E-state index contributed by atoms with van der Waals surface area (Å²) in [5, 5.41) is 6.16. The van der Waals surface area contributed by atoms with Gasteiger partial charge >= 0.3 is 0 Å². The maximum absolute atomic E-state index is 12.4. The van der Waals surface area contributed by atoms with E-state index in [1.807, 2.05) is 31.2 Å². The molecule has 0 radical (unpaired) electrons. The van der Waals surface area contributed by atoms with Gasteiger partial charge in [-0.2, -0.15) is 0 Å². The highest BCUT2D eigenvalue weighted by Crippen LogP contribution is 2.31. The summed E-state index contributed by atoms with van der Waals surface area (Å²) in [6, 6.07) is 8.25. The molecule has 0 bridgehead atoms. The average Bonchev–Trinajstić information content (AvgIpc) is 3.13. The first-order chi connectivity index (χ1) is 9.14. The first-order valence-electron chi connectivity index (χ1n) is 6.57. The normalized spacial score (nSPS) is 28.3. The van der Waals surface area contributed by atoms with Gasteiger partial charge in [-0.05, 0) is 37.0 Å². The van der Waals surface area contributed by atoms with E-state index in [2.05, 4.69) is 31.6 Å². The van der Waals surface area contributed by atoms with Crippen LogP contribution in [0.25, 0.3) is 0 Å². The largest absolute Gasteiger partial charge is 0.338 e. The molecule has 4 nitrogen and oxygen atoms in total. The van der Waals surface area contributed by atoms with Gasteiger partial charge in [-0.15, -0.1) is 0 Å². The van der Waals surface area contributed by atoms with Gasteiger partial charge in [0.05, 0.1) is 6.04 Å². The zero-order valence-corrected chi connectivity index (χ0v) is 12.3. The lowest BCUT2D eigenvalue weighted by molar-refractivity contribution is -0.124. The lowest BCUT2D eigenvalue weighted by Gasteiger charge is -2.25. The summed E-state index contributed by atoms with van der Waals surface area (Å²) < 4.78 is 0.972. The number of hydrogen-bond acceptors (Lipinski definition) is 2. The van der Waals surface area contributed by atoms with Gasteiger partial charge < -0.3 is 5.32 Å². The Labute approximate surface area is 120 Å². The number of aliphatic imine (C=N–C) groups is 1. The molecule has 2 N–H and O–H groups in total. The summed E-state index contributed by atoms with van der Waals surface area (Å²) in [6.07, 6.45) is 2.92. The molecule has 1 amide bonds. The Hall–Kier alpha value is -1.36. The van der Waals surface area contributed by atoms with E-state index in [0.717, 1.165) is 22.9 Å². The first-order valence-corrected chi connectivity index (χ1v) is 7.37. The van der Waals surface area contributed by atoms with E-state index in [4.69, 9.17) is 0 Å². The maximum atomic E-state index is 12.4. The van der Waals surface area contributed by atoms with Gasteiger partial charge in [0.1, 0.15) is 5.54 Å². The molecule has 1 aromatic rings. The Balaban J connectivity index is 1.96. The monoisotopic (exact) mass is 321 g/mol. The van der Waals surface area contributed by atoms with Gasteiger partial charge in [-0.3, -0.25) is 10.1 Å². The summed E-state index contributed by atoms with van der Waals surface area (Å²) in [5.41, 5.74) is 0.264. The number of guanidine groups is 1. The van der Waals surface area contributed by atoms with Crippen molar-refractivity contribution in [2.75, 3.05) is 0 Å². The van der Waals surface area contributed by atoms with Crippen LogP contribution in [-0.4, -0.2) is 17.9 Å². The van der Waals surface area contributed by atoms with Crippen molar-refractivity contribution in [1.82, 2.24) is 10.6 Å². The van der Waals surface area contributed by atoms with Crippen molar-refractivity contribution in [3.05, 3.63) is 34.3 Å². The van der Waals surface area contributed by atoms with E-state index in [9.17, 15) is 4.79 Å². The second kappa shape index (κ2) is 4.63. The van der Waals surface area contributed by atoms with Crippen molar-refractivity contribution in [2.24, 2.45) is 4.99 Å². The number of halogens is 1. The van der Waals surface area contributed by atoms with Crippen LogP contribution in [0.15, 0.2) is 33.7 Å². The van der Waals surface area contributed by atoms with E-state index in [1.54, 1.807) is 0 Å². The van der Waals surface area contributed by atoms with Crippen LogP contribution in [0.5, 0.6) is 0 Å². The Morgan fingerprint density at radius 3 is 2.89 bits per heavy atom. The molecule has 1 atom stereocenters. The minimum atomic E-state index is -0.697. The van der Waals surface area contributed by atoms with Gasteiger partial charge in [0, 0.05) is 4.47 Å². The first kappa shape index (κ1) is 12.7. The molecule has 1 saturated heterocycles. The number of benzene rings is 1. The molecule has 1 aliphatic heterocycles. The fourth-order valence-electron chi connectivity index (χ4n) is 2.37. The molecule has 5 heteroatoms. The van der Waals surface area contributed by atoms with Crippen molar-refractivity contribution in [2.45, 2.75) is 37.8 Å². The van der Waals surface area contributed by atoms with Crippen LogP contribution >= 0.6 is 15.9 Å². The molecule has 3 rings (SSSR count). The highest BCUT2D eigenvalue weighted by atomic mass is 79.9. The standard InChI is InChI=1S/C14H16BrN3O/c1-2-14(9-4-3-5-10(15)8-9)12(19)17-13(18-14)16-11-6-7-11/h3-5,8,11H,2,6-7H2,1H3,(H2,16,17,18,19). The number of carbonyl (C=O) groups excluding carboxylic acids is 1. The van der Waals surface area contributed by atoms with Crippen molar-refractivity contribution in [3.63, 3.8) is 0 Å². The third-order valence-corrected chi connectivity index (χ3v) is 4.15. The molecule has 100 valence electrons. The number of rotatable bonds is 3. The van der Waals surface area contributed by atoms with Crippen LogP contribution in [0.2, 0.25) is 0 Å². The summed E-state index contributed by atoms with van der Waals surface area (Å²) in [5.74, 6) is 0.599. The fourth-order valence-corrected chi connectivity index (χ4v) is 2.76. The minimum Gasteiger partial charge on any atom is -0.338 e. The third kappa shape index (κ3) is 2.27. The Bertz CT molecular complexity index is 553. The van der Waals surface area contributed by atoms with Crippen molar-refractivity contribution < 1.29 is 4.79 Å². The van der Waals surface area contributed by atoms with Crippen LogP contribution < -0.4 is 10.6 Å². The lowest BCUT2D eigenvalue weighted by Crippen LogP contribution is -2.43. The van der Waals surface area contributed by atoms with Crippen LogP contribution in [0.1, 0.15) is 31.7 Å². The Morgan fingerprint density at radius 2 is 2.26 bits per heavy atom. The lowest BCUT2D eigenvalue weighted by atomic mass is 9.87. The van der Waals surface area contributed by atoms with Gasteiger partial charge in [0.15, 0.2) is 5.96 Å². The van der Waals surface area contributed by atoms with Crippen LogP contribution in [0.3, 0.4) is 0 Å². The Morgan fingerprint density at radius 1 is 1.47 bits per heavy atom. The van der Waals surface area contributed by atoms with E-state index in [-0.39, 0.29) is 5.91 Å². The molecule has 19 heavy (non-hydrogen) atoms. The predicted molar refractivity (Wildman–Crippen MR) is 77.8 cm³/mol. The number of amides is 1. The van der Waals surface area contributed by atoms with E-state index >= 15 is 0 Å². The maximum Gasteiger partial charge on any atom is 0.257 e. The van der Waals surface area contributed by atoms with Gasteiger partial charge in [-0.25, -0.2) is 4.99 Å². The third-order valence-electron chi connectivity index (χ3n) is 3.66. The van der Waals surface area contributed by atoms with Crippen LogP contribution in [0.4, 0.5) is 0 Å².